The number of nitrogens with one attached hydrogen (secondary N) is 1. The smallest absolute Gasteiger partial charge is 0.421 e. The maximum Gasteiger partial charge on any atom is 0.421 e. The summed E-state index contributed by atoms with van der Waals surface area (Å²) in [4.78, 5) is 15.2. The van der Waals surface area contributed by atoms with E-state index in [1.807, 2.05) is 13.8 Å². The van der Waals surface area contributed by atoms with Gasteiger partial charge in [0, 0.05) is 13.2 Å². The molecular weight excluding hydrogens is 560 g/mol. The Hall–Kier alpha value is -1.76. The molecule has 3 saturated heterocycles. The van der Waals surface area contributed by atoms with Crippen LogP contribution >= 0.6 is 0 Å². The number of nitrogens with zero attached hydrogens (tertiary/aromatic N) is 1. The number of likely N-dealkylation sites (tertiary alicyclic amines) is 1. The predicted molar refractivity (Wildman–Crippen MR) is 158 cm³/mol. The first-order valence-electron chi connectivity index (χ1n) is 15.8. The third-order valence-electron chi connectivity index (χ3n) is 8.12. The van der Waals surface area contributed by atoms with Crippen molar-refractivity contribution in [3.63, 3.8) is 0 Å². The molecular formula is C31H50N2O8S. The molecule has 11 heteroatoms. The molecule has 3 fully saturated rings. The Kier molecular flexibility index (Phi) is 12.5. The van der Waals surface area contributed by atoms with E-state index in [4.69, 9.17) is 23.7 Å². The van der Waals surface area contributed by atoms with Crippen LogP contribution in [-0.2, 0) is 33.7 Å². The first-order valence-corrected chi connectivity index (χ1v) is 17.3. The quantitative estimate of drug-likeness (QED) is 0.247. The van der Waals surface area contributed by atoms with Crippen molar-refractivity contribution in [1.82, 2.24) is 9.62 Å². The van der Waals surface area contributed by atoms with Crippen LogP contribution in [0.1, 0.15) is 91.4 Å². The zero-order valence-corrected chi connectivity index (χ0v) is 26.3. The third-order valence-corrected chi connectivity index (χ3v) is 9.45. The molecule has 42 heavy (non-hydrogen) atoms. The minimum absolute atomic E-state index is 0.0169. The van der Waals surface area contributed by atoms with Gasteiger partial charge < -0.3 is 23.7 Å². The number of hydrogen-bond acceptors (Lipinski definition) is 9. The van der Waals surface area contributed by atoms with Gasteiger partial charge >= 0.3 is 6.09 Å². The van der Waals surface area contributed by atoms with E-state index in [0.29, 0.717) is 13.2 Å². The highest BCUT2D eigenvalue weighted by Gasteiger charge is 2.58. The first-order chi connectivity index (χ1) is 20.2. The van der Waals surface area contributed by atoms with Crippen molar-refractivity contribution in [2.24, 2.45) is 0 Å². The number of unbranched alkanes of at least 4 members (excludes halogenated alkanes) is 7. The molecule has 1 N–H and O–H groups in total. The molecule has 0 spiro atoms. The summed E-state index contributed by atoms with van der Waals surface area (Å²) in [6.45, 7) is 8.55. The van der Waals surface area contributed by atoms with Crippen LogP contribution in [0, 0.1) is 0 Å². The molecule has 0 bridgehead atoms. The Bertz CT molecular complexity index is 1060. The largest absolute Gasteiger partial charge is 0.441 e. The second kappa shape index (κ2) is 15.8. The van der Waals surface area contributed by atoms with Crippen LogP contribution in [-0.4, -0.2) is 82.1 Å². The van der Waals surface area contributed by atoms with Crippen molar-refractivity contribution >= 4 is 16.1 Å². The molecule has 3 aliphatic rings. The lowest BCUT2D eigenvalue weighted by Gasteiger charge is -2.35. The molecule has 10 nitrogen and oxygen atoms in total. The van der Waals surface area contributed by atoms with Crippen molar-refractivity contribution in [3.8, 4) is 0 Å². The van der Waals surface area contributed by atoms with Gasteiger partial charge in [-0.25, -0.2) is 17.9 Å². The van der Waals surface area contributed by atoms with E-state index < -0.39 is 52.6 Å². The van der Waals surface area contributed by atoms with Gasteiger partial charge in [0.2, 0.25) is 0 Å². The van der Waals surface area contributed by atoms with Gasteiger partial charge in [-0.15, -0.1) is 0 Å². The fourth-order valence-electron chi connectivity index (χ4n) is 5.98. The number of benzene rings is 1. The molecule has 0 aromatic heterocycles. The molecule has 4 rings (SSSR count). The van der Waals surface area contributed by atoms with Crippen LogP contribution < -0.4 is 4.72 Å². The molecule has 3 heterocycles. The van der Waals surface area contributed by atoms with Gasteiger partial charge in [-0.05, 0) is 58.3 Å². The zero-order valence-electron chi connectivity index (χ0n) is 25.5. The maximum atomic E-state index is 13.0. The van der Waals surface area contributed by atoms with Gasteiger partial charge in [-0.1, -0.05) is 76.5 Å². The number of amides is 1. The average molecular weight is 611 g/mol. The Morgan fingerprint density at radius 2 is 1.67 bits per heavy atom. The Balaban J connectivity index is 1.42. The minimum atomic E-state index is -4.10. The second-order valence-electron chi connectivity index (χ2n) is 12.1. The lowest BCUT2D eigenvalue weighted by Crippen LogP contribution is -2.51. The average Bonchev–Trinajstić information content (AvgIpc) is 3.44. The number of fused-ring (bicyclic) bond motifs is 1. The number of ether oxygens (including phenoxy) is 5. The normalized spacial score (nSPS) is 26.5. The summed E-state index contributed by atoms with van der Waals surface area (Å²) in [5.41, 5.74) is 0. The lowest BCUT2D eigenvalue weighted by molar-refractivity contribution is -0.230. The fourth-order valence-corrected chi connectivity index (χ4v) is 6.88. The second-order valence-corrected chi connectivity index (χ2v) is 13.8. The summed E-state index contributed by atoms with van der Waals surface area (Å²) >= 11 is 0. The van der Waals surface area contributed by atoms with E-state index in [2.05, 4.69) is 16.5 Å². The topological polar surface area (TPSA) is 113 Å². The van der Waals surface area contributed by atoms with Crippen molar-refractivity contribution in [2.45, 2.75) is 133 Å². The fraction of sp³-hybridized carbons (Fsp3) is 0.774. The molecule has 238 valence electrons. The number of sulfonamides is 1. The van der Waals surface area contributed by atoms with E-state index in [-0.39, 0.29) is 4.90 Å². The van der Waals surface area contributed by atoms with Gasteiger partial charge in [0.05, 0.1) is 4.90 Å². The minimum Gasteiger partial charge on any atom is -0.441 e. The highest BCUT2D eigenvalue weighted by atomic mass is 32.2. The molecule has 1 unspecified atom stereocenters. The van der Waals surface area contributed by atoms with Crippen LogP contribution in [0.5, 0.6) is 0 Å². The molecule has 1 amide bonds. The monoisotopic (exact) mass is 610 g/mol. The van der Waals surface area contributed by atoms with Gasteiger partial charge in [0.1, 0.15) is 24.4 Å². The Labute approximate surface area is 251 Å². The summed E-state index contributed by atoms with van der Waals surface area (Å²) < 4.78 is 58.5. The van der Waals surface area contributed by atoms with Crippen LogP contribution in [0.3, 0.4) is 0 Å². The van der Waals surface area contributed by atoms with Crippen molar-refractivity contribution in [2.75, 3.05) is 26.2 Å². The predicted octanol–water partition coefficient (Wildman–Crippen LogP) is 5.36. The SMILES string of the molecule is CCCCCCCCCCO[C@@H]1[C@H]2OC(C)(C)O[C@H]2O[C@@H]1C(CN1CCCCC1)OC(=O)NS(=O)(=O)c1ccccc1. The number of hydrogen-bond donors (Lipinski definition) is 1. The summed E-state index contributed by atoms with van der Waals surface area (Å²) in [5, 5.41) is 0. The number of rotatable bonds is 16. The summed E-state index contributed by atoms with van der Waals surface area (Å²) in [5.74, 6) is -0.829. The first kappa shape index (κ1) is 33.1. The van der Waals surface area contributed by atoms with E-state index in [1.54, 1.807) is 18.2 Å². The maximum absolute atomic E-state index is 13.0. The number of carbonyl (C=O) groups excluding carboxylic acids is 1. The molecule has 3 aliphatic heterocycles. The van der Waals surface area contributed by atoms with Crippen LogP contribution in [0.15, 0.2) is 35.2 Å². The van der Waals surface area contributed by atoms with Gasteiger partial charge in [0.15, 0.2) is 12.1 Å². The molecule has 0 aliphatic carbocycles. The number of carbonyl (C=O) groups is 1. The number of piperidine rings is 1. The molecule has 5 atom stereocenters. The van der Waals surface area contributed by atoms with Gasteiger partial charge in [-0.3, -0.25) is 4.90 Å². The van der Waals surface area contributed by atoms with Crippen LogP contribution in [0.25, 0.3) is 0 Å². The summed E-state index contributed by atoms with van der Waals surface area (Å²) in [7, 11) is -4.10. The van der Waals surface area contributed by atoms with Crippen LogP contribution in [0.2, 0.25) is 0 Å². The highest BCUT2D eigenvalue weighted by Crippen LogP contribution is 2.40. The Morgan fingerprint density at radius 3 is 2.36 bits per heavy atom. The third kappa shape index (κ3) is 9.62. The van der Waals surface area contributed by atoms with E-state index in [0.717, 1.165) is 45.2 Å². The van der Waals surface area contributed by atoms with Gasteiger partial charge in [-0.2, -0.15) is 0 Å². The standard InChI is InChI=1S/C31H50N2O8S/c1-4-5-6-7-8-9-10-17-22-37-27-26(39-29-28(27)40-31(2,3)41-29)25(23-33-20-15-12-16-21-33)38-30(34)32-42(35,36)24-18-13-11-14-19-24/h11,13-14,18-19,25-29H,4-10,12,15-17,20-23H2,1-3H3,(H,32,34)/t25?,26-,27+,28-,29-/m1/s1. The van der Waals surface area contributed by atoms with E-state index in [9.17, 15) is 13.2 Å². The van der Waals surface area contributed by atoms with Crippen LogP contribution in [0.4, 0.5) is 4.79 Å². The van der Waals surface area contributed by atoms with Crippen molar-refractivity contribution in [3.05, 3.63) is 30.3 Å². The van der Waals surface area contributed by atoms with Gasteiger partial charge in [0.25, 0.3) is 10.0 Å². The highest BCUT2D eigenvalue weighted by molar-refractivity contribution is 7.90. The summed E-state index contributed by atoms with van der Waals surface area (Å²) in [6, 6.07) is 7.75. The van der Waals surface area contributed by atoms with E-state index in [1.165, 1.54) is 50.7 Å². The zero-order chi connectivity index (χ0) is 30.0. The summed E-state index contributed by atoms with van der Waals surface area (Å²) in [6.07, 6.45) is 8.55. The van der Waals surface area contributed by atoms with Crippen molar-refractivity contribution < 1.29 is 36.9 Å². The molecule has 0 saturated carbocycles. The molecule has 1 aromatic carbocycles. The van der Waals surface area contributed by atoms with Crippen molar-refractivity contribution in [1.29, 1.82) is 0 Å². The molecule has 0 radical (unpaired) electrons. The molecule has 1 aromatic rings. The van der Waals surface area contributed by atoms with E-state index >= 15 is 0 Å². The lowest BCUT2D eigenvalue weighted by atomic mass is 10.0. The Morgan fingerprint density at radius 1 is 1.00 bits per heavy atom.